The van der Waals surface area contributed by atoms with Crippen molar-refractivity contribution in [3.8, 4) is 0 Å². The Morgan fingerprint density at radius 1 is 1.48 bits per heavy atom. The van der Waals surface area contributed by atoms with Crippen molar-refractivity contribution in [2.75, 3.05) is 6.54 Å². The molecule has 0 fully saturated rings. The third-order valence-corrected chi connectivity index (χ3v) is 3.65. The van der Waals surface area contributed by atoms with E-state index in [4.69, 9.17) is 0 Å². The molecule has 2 N–H and O–H groups in total. The van der Waals surface area contributed by atoms with E-state index in [0.29, 0.717) is 25.2 Å². The van der Waals surface area contributed by atoms with Gasteiger partial charge in [-0.2, -0.15) is 0 Å². The van der Waals surface area contributed by atoms with Crippen LogP contribution in [0.1, 0.15) is 49.8 Å². The van der Waals surface area contributed by atoms with Crippen molar-refractivity contribution < 1.29 is 9.59 Å². The van der Waals surface area contributed by atoms with Gasteiger partial charge in [-0.05, 0) is 33.1 Å². The summed E-state index contributed by atoms with van der Waals surface area (Å²) in [6.45, 7) is 7.19. The maximum atomic E-state index is 12.1. The molecule has 1 aliphatic heterocycles. The van der Waals surface area contributed by atoms with E-state index in [-0.39, 0.29) is 23.8 Å². The number of amides is 2. The minimum atomic E-state index is -0.115. The van der Waals surface area contributed by atoms with Gasteiger partial charge in [-0.15, -0.1) is 0 Å². The van der Waals surface area contributed by atoms with Crippen molar-refractivity contribution in [1.29, 1.82) is 0 Å². The molecular weight excluding hydrogens is 268 g/mol. The lowest BCUT2D eigenvalue weighted by molar-refractivity contribution is -0.126. The molecule has 1 aromatic rings. The lowest BCUT2D eigenvalue weighted by Crippen LogP contribution is -2.39. The number of nitrogens with one attached hydrogen (secondary N) is 2. The number of hydrogen-bond donors (Lipinski definition) is 2. The maximum Gasteiger partial charge on any atom is 0.271 e. The first kappa shape index (κ1) is 15.5. The summed E-state index contributed by atoms with van der Waals surface area (Å²) in [5.74, 6) is -0.0716. The molecular formula is C15H24N4O2. The predicted molar refractivity (Wildman–Crippen MR) is 79.9 cm³/mol. The Morgan fingerprint density at radius 2 is 2.24 bits per heavy atom. The number of carbonyl (C=O) groups excluding carboxylic acids is 2. The van der Waals surface area contributed by atoms with Gasteiger partial charge < -0.3 is 15.2 Å². The summed E-state index contributed by atoms with van der Waals surface area (Å²) in [6.07, 6.45) is 4.05. The van der Waals surface area contributed by atoms with Gasteiger partial charge in [-0.25, -0.2) is 4.98 Å². The van der Waals surface area contributed by atoms with Crippen molar-refractivity contribution in [3.05, 3.63) is 17.7 Å². The van der Waals surface area contributed by atoms with E-state index >= 15 is 0 Å². The Labute approximate surface area is 125 Å². The van der Waals surface area contributed by atoms with Gasteiger partial charge in [0.2, 0.25) is 5.91 Å². The second-order valence-electron chi connectivity index (χ2n) is 5.85. The Bertz CT molecular complexity index is 522. The standard InChI is InChI=1S/C15H24N4O2/c1-4-7-16-15(21)13-12-6-5-11(8-19(12)9-17-13)14(20)18-10(2)3/h9-11H,4-8H2,1-3H3,(H,16,21)(H,18,20). The first-order chi connectivity index (χ1) is 10.0. The second kappa shape index (κ2) is 6.74. The fourth-order valence-corrected chi connectivity index (χ4v) is 2.59. The number of hydrogen-bond acceptors (Lipinski definition) is 3. The monoisotopic (exact) mass is 292 g/mol. The summed E-state index contributed by atoms with van der Waals surface area (Å²) in [7, 11) is 0. The Kier molecular flexibility index (Phi) is 4.98. The molecule has 1 aliphatic rings. The summed E-state index contributed by atoms with van der Waals surface area (Å²) < 4.78 is 1.94. The summed E-state index contributed by atoms with van der Waals surface area (Å²) in [6, 6.07) is 0.150. The number of imidazole rings is 1. The summed E-state index contributed by atoms with van der Waals surface area (Å²) in [5.41, 5.74) is 1.45. The lowest BCUT2D eigenvalue weighted by Gasteiger charge is -2.24. The Balaban J connectivity index is 2.05. The van der Waals surface area contributed by atoms with Crippen LogP contribution in [0.15, 0.2) is 6.33 Å². The first-order valence-electron chi connectivity index (χ1n) is 7.65. The maximum absolute atomic E-state index is 12.1. The molecule has 2 heterocycles. The molecule has 21 heavy (non-hydrogen) atoms. The average Bonchev–Trinajstić information content (AvgIpc) is 2.87. The first-order valence-corrected chi connectivity index (χ1v) is 7.65. The number of aromatic nitrogens is 2. The quantitative estimate of drug-likeness (QED) is 0.853. The van der Waals surface area contributed by atoms with Crippen molar-refractivity contribution >= 4 is 11.8 Å². The number of fused-ring (bicyclic) bond motifs is 1. The van der Waals surface area contributed by atoms with Gasteiger partial charge >= 0.3 is 0 Å². The molecule has 6 nitrogen and oxygen atoms in total. The van der Waals surface area contributed by atoms with E-state index in [1.807, 2.05) is 25.3 Å². The topological polar surface area (TPSA) is 76.0 Å². The zero-order valence-corrected chi connectivity index (χ0v) is 13.0. The largest absolute Gasteiger partial charge is 0.354 e. The minimum absolute atomic E-state index is 0.0411. The minimum Gasteiger partial charge on any atom is -0.354 e. The molecule has 0 radical (unpaired) electrons. The Hall–Kier alpha value is -1.85. The third kappa shape index (κ3) is 3.62. The van der Waals surface area contributed by atoms with E-state index in [9.17, 15) is 9.59 Å². The number of carbonyl (C=O) groups is 2. The highest BCUT2D eigenvalue weighted by atomic mass is 16.2. The fourth-order valence-electron chi connectivity index (χ4n) is 2.59. The molecule has 116 valence electrons. The molecule has 0 bridgehead atoms. The van der Waals surface area contributed by atoms with Crippen LogP contribution in [0.4, 0.5) is 0 Å². The molecule has 0 saturated heterocycles. The zero-order valence-electron chi connectivity index (χ0n) is 13.0. The fraction of sp³-hybridized carbons (Fsp3) is 0.667. The molecule has 1 unspecified atom stereocenters. The van der Waals surface area contributed by atoms with Crippen LogP contribution in [0.25, 0.3) is 0 Å². The molecule has 2 rings (SSSR count). The van der Waals surface area contributed by atoms with Gasteiger partial charge in [0.15, 0.2) is 0 Å². The molecule has 0 saturated carbocycles. The molecule has 2 amide bonds. The van der Waals surface area contributed by atoms with E-state index in [0.717, 1.165) is 18.5 Å². The average molecular weight is 292 g/mol. The highest BCUT2D eigenvalue weighted by Gasteiger charge is 2.28. The van der Waals surface area contributed by atoms with Crippen LogP contribution in [-0.2, 0) is 17.8 Å². The van der Waals surface area contributed by atoms with Crippen LogP contribution in [0, 0.1) is 5.92 Å². The summed E-state index contributed by atoms with van der Waals surface area (Å²) in [4.78, 5) is 28.3. The zero-order chi connectivity index (χ0) is 15.4. The van der Waals surface area contributed by atoms with Crippen LogP contribution in [0.2, 0.25) is 0 Å². The van der Waals surface area contributed by atoms with Crippen LogP contribution in [0.3, 0.4) is 0 Å². The van der Waals surface area contributed by atoms with E-state index in [1.165, 1.54) is 0 Å². The molecule has 1 aromatic heterocycles. The van der Waals surface area contributed by atoms with Crippen LogP contribution in [0.5, 0.6) is 0 Å². The number of rotatable bonds is 5. The molecule has 0 aliphatic carbocycles. The second-order valence-corrected chi connectivity index (χ2v) is 5.85. The third-order valence-electron chi connectivity index (χ3n) is 3.65. The van der Waals surface area contributed by atoms with Gasteiger partial charge in [0.1, 0.15) is 5.69 Å². The summed E-state index contributed by atoms with van der Waals surface area (Å²) >= 11 is 0. The normalized spacial score (nSPS) is 17.4. The molecule has 1 atom stereocenters. The summed E-state index contributed by atoms with van der Waals surface area (Å²) in [5, 5.41) is 5.80. The van der Waals surface area contributed by atoms with Crippen LogP contribution < -0.4 is 10.6 Å². The van der Waals surface area contributed by atoms with Crippen molar-refractivity contribution in [3.63, 3.8) is 0 Å². The number of nitrogens with zero attached hydrogens (tertiary/aromatic N) is 2. The van der Waals surface area contributed by atoms with Crippen molar-refractivity contribution in [2.45, 2.75) is 52.6 Å². The van der Waals surface area contributed by atoms with Crippen LogP contribution in [-0.4, -0.2) is 34.0 Å². The molecule has 0 spiro atoms. The molecule has 0 aromatic carbocycles. The van der Waals surface area contributed by atoms with E-state index < -0.39 is 0 Å². The van der Waals surface area contributed by atoms with Gasteiger partial charge in [-0.3, -0.25) is 9.59 Å². The van der Waals surface area contributed by atoms with E-state index in [2.05, 4.69) is 15.6 Å². The smallest absolute Gasteiger partial charge is 0.271 e. The van der Waals surface area contributed by atoms with Crippen molar-refractivity contribution in [1.82, 2.24) is 20.2 Å². The predicted octanol–water partition coefficient (Wildman–Crippen LogP) is 1.11. The SMILES string of the molecule is CCCNC(=O)c1ncn2c1CCC(C(=O)NC(C)C)C2. The Morgan fingerprint density at radius 3 is 2.90 bits per heavy atom. The van der Waals surface area contributed by atoms with E-state index in [1.54, 1.807) is 6.33 Å². The van der Waals surface area contributed by atoms with Gasteiger partial charge in [0, 0.05) is 19.1 Å². The van der Waals surface area contributed by atoms with Gasteiger partial charge in [0.25, 0.3) is 5.91 Å². The van der Waals surface area contributed by atoms with Crippen molar-refractivity contribution in [2.24, 2.45) is 5.92 Å². The van der Waals surface area contributed by atoms with Gasteiger partial charge in [0.05, 0.1) is 17.9 Å². The molecule has 6 heteroatoms. The van der Waals surface area contributed by atoms with Gasteiger partial charge in [-0.1, -0.05) is 6.92 Å². The lowest BCUT2D eigenvalue weighted by atomic mass is 9.96. The van der Waals surface area contributed by atoms with Crippen LogP contribution >= 0.6 is 0 Å². The highest BCUT2D eigenvalue weighted by molar-refractivity contribution is 5.93. The highest BCUT2D eigenvalue weighted by Crippen LogP contribution is 2.22.